The van der Waals surface area contributed by atoms with Crippen molar-refractivity contribution in [3.8, 4) is 0 Å². The number of hydrogen-bond donors (Lipinski definition) is 0. The smallest absolute Gasteiger partial charge is 0.223 e. The molecule has 0 aliphatic heterocycles. The minimum absolute atomic E-state index is 0.0889. The first-order valence-corrected chi connectivity index (χ1v) is 10.9. The molecule has 0 unspecified atom stereocenters. The number of anilines is 1. The van der Waals surface area contributed by atoms with E-state index in [-0.39, 0.29) is 4.34 Å². The Labute approximate surface area is 160 Å². The fourth-order valence-corrected chi connectivity index (χ4v) is 6.47. The van der Waals surface area contributed by atoms with E-state index in [1.165, 1.54) is 27.0 Å². The van der Waals surface area contributed by atoms with Crippen LogP contribution >= 0.6 is 23.3 Å². The second kappa shape index (κ2) is 7.11. The summed E-state index contributed by atoms with van der Waals surface area (Å²) in [7, 11) is -3.81. The molecule has 0 radical (unpaired) electrons. The van der Waals surface area contributed by atoms with Crippen molar-refractivity contribution in [3.63, 3.8) is 0 Å². The minimum atomic E-state index is -3.81. The molecule has 7 heteroatoms. The number of aromatic nitrogens is 1. The highest BCUT2D eigenvalue weighted by molar-refractivity contribution is 8.15. The topological polar surface area (TPSA) is 50.3 Å². The lowest BCUT2D eigenvalue weighted by molar-refractivity contribution is 0.598. The average molecular weight is 399 g/mol. The molecule has 0 bridgehead atoms. The van der Waals surface area contributed by atoms with Crippen molar-refractivity contribution in [2.24, 2.45) is 0 Å². The zero-order valence-corrected chi connectivity index (χ0v) is 16.0. The second-order valence-electron chi connectivity index (χ2n) is 5.42. The SMILES string of the molecule is O=S(=O)(c1nc2ccccc2s1)N(Sc1ccccc1)c1ccccc1. The first kappa shape index (κ1) is 17.1. The highest BCUT2D eigenvalue weighted by atomic mass is 32.3. The molecule has 0 amide bonds. The van der Waals surface area contributed by atoms with Gasteiger partial charge in [0.2, 0.25) is 4.34 Å². The fraction of sp³-hybridized carbons (Fsp3) is 0. The molecule has 4 aromatic rings. The van der Waals surface area contributed by atoms with Crippen molar-refractivity contribution in [2.45, 2.75) is 9.24 Å². The molecule has 3 aromatic carbocycles. The maximum absolute atomic E-state index is 13.4. The van der Waals surface area contributed by atoms with Gasteiger partial charge in [0.15, 0.2) is 0 Å². The van der Waals surface area contributed by atoms with Crippen LogP contribution in [0.4, 0.5) is 5.69 Å². The normalized spacial score (nSPS) is 11.5. The van der Waals surface area contributed by atoms with Gasteiger partial charge in [-0.3, -0.25) is 0 Å². The number of hydrogen-bond acceptors (Lipinski definition) is 5. The van der Waals surface area contributed by atoms with Gasteiger partial charge in [-0.1, -0.05) is 48.5 Å². The van der Waals surface area contributed by atoms with E-state index in [0.717, 1.165) is 9.60 Å². The summed E-state index contributed by atoms with van der Waals surface area (Å²) in [6.45, 7) is 0. The Hall–Kier alpha value is -2.35. The monoisotopic (exact) mass is 398 g/mol. The quantitative estimate of drug-likeness (QED) is 0.434. The minimum Gasteiger partial charge on any atom is -0.223 e. The van der Waals surface area contributed by atoms with E-state index in [0.29, 0.717) is 11.2 Å². The largest absolute Gasteiger partial charge is 0.301 e. The summed E-state index contributed by atoms with van der Waals surface area (Å²) in [5, 5.41) is 0. The Balaban J connectivity index is 1.81. The zero-order chi connectivity index (χ0) is 18.0. The molecule has 4 rings (SSSR count). The van der Waals surface area contributed by atoms with Crippen LogP contribution in [0.25, 0.3) is 10.2 Å². The van der Waals surface area contributed by atoms with Crippen molar-refractivity contribution >= 4 is 49.2 Å². The number of thiazole rings is 1. The van der Waals surface area contributed by atoms with Crippen molar-refractivity contribution in [1.29, 1.82) is 0 Å². The summed E-state index contributed by atoms with van der Waals surface area (Å²) >= 11 is 2.35. The van der Waals surface area contributed by atoms with Crippen molar-refractivity contribution in [3.05, 3.63) is 84.9 Å². The molecule has 0 atom stereocenters. The van der Waals surface area contributed by atoms with E-state index in [9.17, 15) is 8.42 Å². The van der Waals surface area contributed by atoms with E-state index in [1.54, 1.807) is 12.1 Å². The van der Waals surface area contributed by atoms with Gasteiger partial charge >= 0.3 is 10.0 Å². The van der Waals surface area contributed by atoms with E-state index >= 15 is 0 Å². The highest BCUT2D eigenvalue weighted by Crippen LogP contribution is 2.37. The lowest BCUT2D eigenvalue weighted by Crippen LogP contribution is -2.24. The van der Waals surface area contributed by atoms with Crippen LogP contribution in [0.2, 0.25) is 0 Å². The predicted molar refractivity (Wildman–Crippen MR) is 108 cm³/mol. The van der Waals surface area contributed by atoms with Gasteiger partial charge in [0.05, 0.1) is 15.9 Å². The molecule has 0 saturated heterocycles. The Morgan fingerprint density at radius 2 is 1.42 bits per heavy atom. The summed E-state index contributed by atoms with van der Waals surface area (Å²) in [4.78, 5) is 5.18. The molecule has 1 heterocycles. The number of sulfonamides is 1. The Morgan fingerprint density at radius 3 is 2.12 bits per heavy atom. The average Bonchev–Trinajstić information content (AvgIpc) is 3.13. The molecule has 26 heavy (non-hydrogen) atoms. The van der Waals surface area contributed by atoms with E-state index < -0.39 is 10.0 Å². The summed E-state index contributed by atoms with van der Waals surface area (Å²) in [6, 6.07) is 25.9. The van der Waals surface area contributed by atoms with Crippen molar-refractivity contribution in [1.82, 2.24) is 4.98 Å². The highest BCUT2D eigenvalue weighted by Gasteiger charge is 2.29. The molecular formula is C19H14N2O2S3. The van der Waals surface area contributed by atoms with Gasteiger partial charge in [-0.2, -0.15) is 8.42 Å². The Bertz CT molecular complexity index is 1090. The summed E-state index contributed by atoms with van der Waals surface area (Å²) < 4.78 is 29.0. The number of para-hydroxylation sites is 2. The van der Waals surface area contributed by atoms with E-state index in [2.05, 4.69) is 4.98 Å². The maximum atomic E-state index is 13.4. The van der Waals surface area contributed by atoms with Crippen LogP contribution < -0.4 is 3.71 Å². The van der Waals surface area contributed by atoms with Crippen LogP contribution in [-0.4, -0.2) is 13.4 Å². The van der Waals surface area contributed by atoms with E-state index in [4.69, 9.17) is 0 Å². The van der Waals surface area contributed by atoms with Gasteiger partial charge in [0, 0.05) is 16.8 Å². The lowest BCUT2D eigenvalue weighted by Gasteiger charge is -2.21. The molecule has 130 valence electrons. The molecule has 0 aliphatic rings. The third kappa shape index (κ3) is 3.33. The van der Waals surface area contributed by atoms with Gasteiger partial charge in [-0.05, 0) is 36.4 Å². The summed E-state index contributed by atoms with van der Waals surface area (Å²) in [5.41, 5.74) is 1.27. The summed E-state index contributed by atoms with van der Waals surface area (Å²) in [5.74, 6) is 0. The van der Waals surface area contributed by atoms with Gasteiger partial charge in [0.1, 0.15) is 0 Å². The third-order valence-corrected chi connectivity index (χ3v) is 8.18. The Kier molecular flexibility index (Phi) is 4.67. The first-order valence-electron chi connectivity index (χ1n) is 7.83. The number of benzene rings is 3. The zero-order valence-electron chi connectivity index (χ0n) is 13.5. The lowest BCUT2D eigenvalue weighted by atomic mass is 10.3. The van der Waals surface area contributed by atoms with Gasteiger partial charge in [0.25, 0.3) is 0 Å². The van der Waals surface area contributed by atoms with Crippen LogP contribution in [0.5, 0.6) is 0 Å². The number of nitrogens with zero attached hydrogens (tertiary/aromatic N) is 2. The van der Waals surface area contributed by atoms with Crippen molar-refractivity contribution < 1.29 is 8.42 Å². The molecule has 0 spiro atoms. The fourth-order valence-electron chi connectivity index (χ4n) is 2.40. The molecule has 0 saturated carbocycles. The van der Waals surface area contributed by atoms with Crippen LogP contribution in [0, 0.1) is 0 Å². The van der Waals surface area contributed by atoms with Crippen LogP contribution in [-0.2, 0) is 10.0 Å². The maximum Gasteiger partial charge on any atom is 0.301 e. The second-order valence-corrected chi connectivity index (χ2v) is 9.66. The van der Waals surface area contributed by atoms with Crippen LogP contribution in [0.1, 0.15) is 0 Å². The molecule has 1 aromatic heterocycles. The van der Waals surface area contributed by atoms with Crippen LogP contribution in [0.3, 0.4) is 0 Å². The predicted octanol–water partition coefficient (Wildman–Crippen LogP) is 5.20. The molecular weight excluding hydrogens is 384 g/mol. The molecule has 0 fully saturated rings. The van der Waals surface area contributed by atoms with Gasteiger partial charge in [-0.15, -0.1) is 11.3 Å². The standard InChI is InChI=1S/C19H14N2O2S3/c22-26(23,19-20-17-13-7-8-14-18(17)24-19)21(15-9-3-1-4-10-15)25-16-11-5-2-6-12-16/h1-14H. The molecule has 0 aliphatic carbocycles. The molecule has 0 N–H and O–H groups in total. The summed E-state index contributed by atoms with van der Waals surface area (Å²) in [6.07, 6.45) is 0. The molecule has 4 nitrogen and oxygen atoms in total. The first-order chi connectivity index (χ1) is 12.6. The van der Waals surface area contributed by atoms with E-state index in [1.807, 2.05) is 72.8 Å². The van der Waals surface area contributed by atoms with Crippen LogP contribution in [0.15, 0.2) is 94.2 Å². The van der Waals surface area contributed by atoms with Crippen molar-refractivity contribution in [2.75, 3.05) is 3.71 Å². The van der Waals surface area contributed by atoms with Gasteiger partial charge < -0.3 is 0 Å². The van der Waals surface area contributed by atoms with Gasteiger partial charge in [-0.25, -0.2) is 8.69 Å². The Morgan fingerprint density at radius 1 is 0.808 bits per heavy atom. The number of fused-ring (bicyclic) bond motifs is 1. The third-order valence-electron chi connectivity index (χ3n) is 3.61. The number of rotatable bonds is 5.